The first-order valence-electron chi connectivity index (χ1n) is 8.98. The van der Waals surface area contributed by atoms with Crippen molar-refractivity contribution in [2.24, 2.45) is 0 Å². The number of thioether (sulfide) groups is 1. The molecule has 4 nitrogen and oxygen atoms in total. The van der Waals surface area contributed by atoms with Gasteiger partial charge in [-0.05, 0) is 57.4 Å². The van der Waals surface area contributed by atoms with Gasteiger partial charge in [-0.2, -0.15) is 0 Å². The number of carbonyl (C=O) groups is 1. The number of benzene rings is 3. The van der Waals surface area contributed by atoms with E-state index in [1.54, 1.807) is 11.8 Å². The molecular formula is C23H19BrFNO3S. The van der Waals surface area contributed by atoms with Crippen LogP contribution < -0.4 is 10.1 Å². The molecule has 0 aliphatic heterocycles. The highest BCUT2D eigenvalue weighted by Gasteiger charge is 2.11. The zero-order valence-electron chi connectivity index (χ0n) is 16.1. The summed E-state index contributed by atoms with van der Waals surface area (Å²) in [4.78, 5) is 12.0. The molecule has 3 aromatic rings. The highest BCUT2D eigenvalue weighted by molar-refractivity contribution is 9.10. The van der Waals surface area contributed by atoms with Crippen molar-refractivity contribution in [3.63, 3.8) is 0 Å². The van der Waals surface area contributed by atoms with Gasteiger partial charge in [0.2, 0.25) is 0 Å². The minimum atomic E-state index is -1.05. The molecule has 0 atom stereocenters. The van der Waals surface area contributed by atoms with Gasteiger partial charge in [0.15, 0.2) is 0 Å². The summed E-state index contributed by atoms with van der Waals surface area (Å²) in [5, 5.41) is 12.2. The van der Waals surface area contributed by atoms with Crippen LogP contribution in [0.25, 0.3) is 6.08 Å². The largest absolute Gasteiger partial charge is 0.495 e. The van der Waals surface area contributed by atoms with Crippen LogP contribution in [0.4, 0.5) is 15.8 Å². The Labute approximate surface area is 186 Å². The average molecular weight is 488 g/mol. The van der Waals surface area contributed by atoms with Crippen LogP contribution in [0, 0.1) is 5.82 Å². The highest BCUT2D eigenvalue weighted by Crippen LogP contribution is 2.35. The van der Waals surface area contributed by atoms with Crippen molar-refractivity contribution in [2.75, 3.05) is 12.4 Å². The average Bonchev–Trinajstić information content (AvgIpc) is 2.75. The molecule has 0 aliphatic carbocycles. The number of hydrogen-bond donors (Lipinski definition) is 2. The van der Waals surface area contributed by atoms with Gasteiger partial charge < -0.3 is 15.2 Å². The van der Waals surface area contributed by atoms with Gasteiger partial charge in [0.25, 0.3) is 0 Å². The number of ether oxygens (including phenoxy) is 1. The number of carboxylic acid groups (broad SMARTS) is 1. The molecule has 7 heteroatoms. The van der Waals surface area contributed by atoms with E-state index >= 15 is 0 Å². The summed E-state index contributed by atoms with van der Waals surface area (Å²) in [5.41, 5.74) is 2.94. The van der Waals surface area contributed by atoms with Gasteiger partial charge in [-0.25, -0.2) is 9.18 Å². The Morgan fingerprint density at radius 1 is 1.17 bits per heavy atom. The first-order chi connectivity index (χ1) is 14.5. The molecule has 0 heterocycles. The molecule has 30 heavy (non-hydrogen) atoms. The SMILES string of the molecule is COc1cc(Br)c(F)cc1Nc1ccc(SCc2ccccc2)cc1C=CC(=O)O. The molecule has 0 aliphatic rings. The van der Waals surface area contributed by atoms with Crippen molar-refractivity contribution >= 4 is 51.1 Å². The smallest absolute Gasteiger partial charge is 0.328 e. The van der Waals surface area contributed by atoms with Crippen molar-refractivity contribution < 1.29 is 19.0 Å². The van der Waals surface area contributed by atoms with Crippen LogP contribution in [-0.2, 0) is 10.5 Å². The Morgan fingerprint density at radius 2 is 1.93 bits per heavy atom. The lowest BCUT2D eigenvalue weighted by molar-refractivity contribution is -0.131. The third-order valence-electron chi connectivity index (χ3n) is 4.19. The number of methoxy groups -OCH3 is 1. The number of rotatable bonds is 8. The molecule has 0 spiro atoms. The van der Waals surface area contributed by atoms with Gasteiger partial charge in [-0.3, -0.25) is 0 Å². The van der Waals surface area contributed by atoms with Crippen LogP contribution in [0.5, 0.6) is 5.75 Å². The molecule has 0 saturated carbocycles. The number of hydrogen-bond acceptors (Lipinski definition) is 4. The Bertz CT molecular complexity index is 1070. The molecule has 0 radical (unpaired) electrons. The number of carboxylic acids is 1. The maximum Gasteiger partial charge on any atom is 0.328 e. The van der Waals surface area contributed by atoms with E-state index in [4.69, 9.17) is 9.84 Å². The van der Waals surface area contributed by atoms with Gasteiger partial charge >= 0.3 is 5.97 Å². The van der Waals surface area contributed by atoms with Gasteiger partial charge in [0.05, 0.1) is 17.3 Å². The molecule has 0 aromatic heterocycles. The molecular weight excluding hydrogens is 469 g/mol. The van der Waals surface area contributed by atoms with E-state index in [-0.39, 0.29) is 0 Å². The fourth-order valence-corrected chi connectivity index (χ4v) is 3.95. The minimum Gasteiger partial charge on any atom is -0.495 e. The molecule has 3 aromatic carbocycles. The number of halogens is 2. The number of anilines is 2. The maximum absolute atomic E-state index is 14.0. The number of aliphatic carboxylic acids is 1. The zero-order chi connectivity index (χ0) is 21.5. The first-order valence-corrected chi connectivity index (χ1v) is 10.8. The monoisotopic (exact) mass is 487 g/mol. The fourth-order valence-electron chi connectivity index (χ4n) is 2.72. The van der Waals surface area contributed by atoms with E-state index in [0.717, 1.165) is 16.7 Å². The Kier molecular flexibility index (Phi) is 7.54. The van der Waals surface area contributed by atoms with Gasteiger partial charge in [-0.1, -0.05) is 30.3 Å². The molecule has 154 valence electrons. The maximum atomic E-state index is 14.0. The van der Waals surface area contributed by atoms with Crippen LogP contribution in [-0.4, -0.2) is 18.2 Å². The highest BCUT2D eigenvalue weighted by atomic mass is 79.9. The van der Waals surface area contributed by atoms with Crippen molar-refractivity contribution in [3.8, 4) is 5.75 Å². The summed E-state index contributed by atoms with van der Waals surface area (Å²) in [7, 11) is 1.50. The lowest BCUT2D eigenvalue weighted by Gasteiger charge is -2.15. The lowest BCUT2D eigenvalue weighted by Crippen LogP contribution is -1.98. The summed E-state index contributed by atoms with van der Waals surface area (Å²) < 4.78 is 19.7. The summed E-state index contributed by atoms with van der Waals surface area (Å²) in [6, 6.07) is 18.6. The summed E-state index contributed by atoms with van der Waals surface area (Å²) in [5.74, 6) is -0.230. The Balaban J connectivity index is 1.90. The third kappa shape index (κ3) is 5.87. The normalized spacial score (nSPS) is 10.9. The van der Waals surface area contributed by atoms with Crippen molar-refractivity contribution in [3.05, 3.63) is 88.2 Å². The van der Waals surface area contributed by atoms with Crippen LogP contribution in [0.1, 0.15) is 11.1 Å². The van der Waals surface area contributed by atoms with Gasteiger partial charge in [-0.15, -0.1) is 11.8 Å². The lowest BCUT2D eigenvalue weighted by atomic mass is 10.1. The van der Waals surface area contributed by atoms with Crippen LogP contribution >= 0.6 is 27.7 Å². The third-order valence-corrected chi connectivity index (χ3v) is 5.86. The van der Waals surface area contributed by atoms with Crippen molar-refractivity contribution in [1.82, 2.24) is 0 Å². The second-order valence-electron chi connectivity index (χ2n) is 6.29. The first kappa shape index (κ1) is 21.9. The standard InChI is InChI=1S/C23H19BrFNO3S/c1-29-22-12-18(24)19(25)13-21(22)26-20-9-8-17(11-16(20)7-10-23(27)28)30-14-15-5-3-2-4-6-15/h2-13,26H,14H2,1H3,(H,27,28). The van der Waals surface area contributed by atoms with E-state index in [1.165, 1.54) is 30.9 Å². The van der Waals surface area contributed by atoms with E-state index in [0.29, 0.717) is 27.2 Å². The fraction of sp³-hybridized carbons (Fsp3) is 0.0870. The summed E-state index contributed by atoms with van der Waals surface area (Å²) >= 11 is 4.79. The van der Waals surface area contributed by atoms with E-state index in [2.05, 4.69) is 33.4 Å². The Morgan fingerprint density at radius 3 is 2.63 bits per heavy atom. The van der Waals surface area contributed by atoms with E-state index < -0.39 is 11.8 Å². The molecule has 0 amide bonds. The molecule has 0 bridgehead atoms. The van der Waals surface area contributed by atoms with Crippen LogP contribution in [0.2, 0.25) is 0 Å². The molecule has 0 saturated heterocycles. The van der Waals surface area contributed by atoms with Gasteiger partial charge in [0, 0.05) is 28.5 Å². The predicted molar refractivity (Wildman–Crippen MR) is 123 cm³/mol. The molecule has 3 rings (SSSR count). The van der Waals surface area contributed by atoms with E-state index in [1.807, 2.05) is 36.4 Å². The molecule has 0 fully saturated rings. The molecule has 0 unspecified atom stereocenters. The minimum absolute atomic E-state index is 0.295. The van der Waals surface area contributed by atoms with E-state index in [9.17, 15) is 9.18 Å². The van der Waals surface area contributed by atoms with Crippen LogP contribution in [0.3, 0.4) is 0 Å². The molecule has 2 N–H and O–H groups in total. The quantitative estimate of drug-likeness (QED) is 0.272. The Hall–Kier alpha value is -2.77. The van der Waals surface area contributed by atoms with Gasteiger partial charge in [0.1, 0.15) is 11.6 Å². The second kappa shape index (κ2) is 10.3. The van der Waals surface area contributed by atoms with Crippen molar-refractivity contribution in [2.45, 2.75) is 10.6 Å². The number of nitrogens with one attached hydrogen (secondary N) is 1. The topological polar surface area (TPSA) is 58.6 Å². The predicted octanol–water partition coefficient (Wildman–Crippen LogP) is 6.73. The summed E-state index contributed by atoms with van der Waals surface area (Å²) in [6.07, 6.45) is 2.59. The van der Waals surface area contributed by atoms with Crippen molar-refractivity contribution in [1.29, 1.82) is 0 Å². The summed E-state index contributed by atoms with van der Waals surface area (Å²) in [6.45, 7) is 0. The zero-order valence-corrected chi connectivity index (χ0v) is 18.5. The second-order valence-corrected chi connectivity index (χ2v) is 8.19. The van der Waals surface area contributed by atoms with Crippen LogP contribution in [0.15, 0.2) is 76.1 Å².